The number of carboxylic acid groups (broad SMARTS) is 1. The summed E-state index contributed by atoms with van der Waals surface area (Å²) in [5.41, 5.74) is 11.1. The van der Waals surface area contributed by atoms with Crippen LogP contribution < -0.4 is 21.2 Å². The summed E-state index contributed by atoms with van der Waals surface area (Å²) in [6.07, 6.45) is 1.75. The van der Waals surface area contributed by atoms with Gasteiger partial charge in [-0.15, -0.1) is 40.4 Å². The molecule has 1 aromatic heterocycles. The third-order valence-corrected chi connectivity index (χ3v) is 10.8. The number of phenolic OH excluding ortho intramolecular Hbond substituents is 2. The molecule has 2 atom stereocenters. The Morgan fingerprint density at radius 2 is 2.07 bits per heavy atom. The number of aldehydes is 1. The van der Waals surface area contributed by atoms with Crippen LogP contribution in [0, 0.1) is 0 Å². The van der Waals surface area contributed by atoms with E-state index in [2.05, 4.69) is 15.5 Å². The van der Waals surface area contributed by atoms with E-state index >= 15 is 0 Å². The number of aliphatic imine (C=N–C) groups is 1. The summed E-state index contributed by atoms with van der Waals surface area (Å²) in [7, 11) is 0. The molecule has 0 spiro atoms. The number of nitrogens with one attached hydrogen (secondary N) is 1. The van der Waals surface area contributed by atoms with E-state index in [1.54, 1.807) is 16.2 Å². The van der Waals surface area contributed by atoms with Crippen LogP contribution in [-0.4, -0.2) is 82.9 Å². The average molecular weight is 691 g/mol. The number of nitrogens with zero attached hydrogens (tertiary/aromatic N) is 6. The van der Waals surface area contributed by atoms with Crippen LogP contribution in [0.1, 0.15) is 13.8 Å². The maximum atomic E-state index is 13.4. The summed E-state index contributed by atoms with van der Waals surface area (Å²) < 4.78 is 0. The number of allylic oxidation sites excluding steroid dienone is 1. The molecule has 15 nitrogen and oxygen atoms in total. The molecule has 19 heteroatoms. The van der Waals surface area contributed by atoms with Crippen LogP contribution in [0.5, 0.6) is 11.5 Å². The Bertz CT molecular complexity index is 1780. The molecule has 1 aromatic carbocycles. The molecule has 1 fully saturated rings. The number of fused-ring (bicyclic) bond motifs is 2. The predicted octanol–water partition coefficient (Wildman–Crippen LogP) is 2.42. The first-order chi connectivity index (χ1) is 21.4. The van der Waals surface area contributed by atoms with Crippen LogP contribution in [0.2, 0.25) is 5.02 Å². The van der Waals surface area contributed by atoms with Gasteiger partial charge >= 0.3 is 5.97 Å². The Hall–Kier alpha value is -4.23. The molecule has 45 heavy (non-hydrogen) atoms. The molecule has 0 unspecified atom stereocenters. The van der Waals surface area contributed by atoms with Gasteiger partial charge < -0.3 is 21.1 Å². The summed E-state index contributed by atoms with van der Waals surface area (Å²) in [6, 6.07) is 1.66. The number of aliphatic carboxylic acids is 1. The summed E-state index contributed by atoms with van der Waals surface area (Å²) in [6.45, 7) is 3.71. The van der Waals surface area contributed by atoms with E-state index in [1.165, 1.54) is 41.0 Å². The van der Waals surface area contributed by atoms with Crippen molar-refractivity contribution in [1.82, 2.24) is 20.4 Å². The molecule has 5 heterocycles. The number of halogens is 1. The number of carbonyl (C=O) groups is 4. The van der Waals surface area contributed by atoms with E-state index in [-0.39, 0.29) is 39.5 Å². The van der Waals surface area contributed by atoms with Gasteiger partial charge in [0.25, 0.3) is 11.8 Å². The molecule has 6 N–H and O–H groups in total. The number of hydrogen-bond acceptors (Lipinski definition) is 15. The second kappa shape index (κ2) is 11.6. The number of carboxylic acids is 1. The van der Waals surface area contributed by atoms with Crippen molar-refractivity contribution in [3.8, 4) is 11.5 Å². The zero-order chi connectivity index (χ0) is 32.3. The molecule has 0 aliphatic carbocycles. The van der Waals surface area contributed by atoms with Crippen LogP contribution in [0.4, 0.5) is 16.6 Å². The highest BCUT2D eigenvalue weighted by atomic mass is 35.5. The highest BCUT2D eigenvalue weighted by Gasteiger charge is 2.57. The lowest BCUT2D eigenvalue weighted by atomic mass is 10.0. The maximum Gasteiger partial charge on any atom is 0.352 e. The third kappa shape index (κ3) is 5.17. The molecule has 1 saturated heterocycles. The normalized spacial score (nSPS) is 20.9. The fourth-order valence-electron chi connectivity index (χ4n) is 5.06. The Balaban J connectivity index is 1.24. The Labute approximate surface area is 272 Å². The second-order valence-corrected chi connectivity index (χ2v) is 13.4. The smallest absolute Gasteiger partial charge is 0.352 e. The van der Waals surface area contributed by atoms with Gasteiger partial charge in [0.05, 0.1) is 21.9 Å². The van der Waals surface area contributed by atoms with Gasteiger partial charge in [0.2, 0.25) is 6.29 Å². The first-order valence-electron chi connectivity index (χ1n) is 13.0. The zero-order valence-corrected chi connectivity index (χ0v) is 26.5. The Morgan fingerprint density at radius 3 is 2.71 bits per heavy atom. The number of hydrogen-bond donors (Lipinski definition) is 5. The molecule has 0 radical (unpaired) electrons. The van der Waals surface area contributed by atoms with Crippen LogP contribution in [0.3, 0.4) is 0 Å². The lowest BCUT2D eigenvalue weighted by Crippen LogP contribution is -2.72. The van der Waals surface area contributed by atoms with Crippen molar-refractivity contribution in [2.24, 2.45) is 4.99 Å². The number of aromatic nitrogens is 1. The standard InChI is InChI=1S/C26H23ClN8O7S3/c1-10-11(2)29-16-5-32(13-3-14(27)21(39)15(37)4-13)31-35(16)23(10)43-7-12-8-44-24-20(22(40)34(24)19(12)25(41)42)33(18(38)6-36)17-9-45-26(28)30-17/h3-6,9,20,24,31,37,39H,7-8H2,1-2H3,(H2,28,30)(H,41,42)/t20-,24-/m1/s1. The molecular formula is C26H23ClN8O7S3. The van der Waals surface area contributed by atoms with Crippen molar-refractivity contribution in [2.45, 2.75) is 25.3 Å². The van der Waals surface area contributed by atoms with Gasteiger partial charge in [-0.3, -0.25) is 29.2 Å². The van der Waals surface area contributed by atoms with Crippen molar-refractivity contribution >= 4 is 92.9 Å². The molecule has 4 aliphatic heterocycles. The molecular weight excluding hydrogens is 668 g/mol. The number of nitrogen functional groups attached to an aromatic ring is 1. The first-order valence-corrected chi connectivity index (χ1v) is 16.3. The minimum Gasteiger partial charge on any atom is -0.504 e. The van der Waals surface area contributed by atoms with E-state index in [0.717, 1.165) is 32.4 Å². The highest BCUT2D eigenvalue weighted by Crippen LogP contribution is 2.46. The summed E-state index contributed by atoms with van der Waals surface area (Å²) in [5, 5.41) is 34.9. The van der Waals surface area contributed by atoms with E-state index < -0.39 is 40.7 Å². The Morgan fingerprint density at radius 1 is 1.31 bits per heavy atom. The number of thiazole rings is 1. The molecule has 6 rings (SSSR count). The van der Waals surface area contributed by atoms with Crippen LogP contribution in [-0.2, 0) is 19.2 Å². The van der Waals surface area contributed by atoms with Crippen molar-refractivity contribution in [3.63, 3.8) is 0 Å². The fourth-order valence-corrected chi connectivity index (χ4v) is 8.50. The molecule has 2 amide bonds. The highest BCUT2D eigenvalue weighted by molar-refractivity contribution is 8.03. The van der Waals surface area contributed by atoms with Crippen molar-refractivity contribution in [1.29, 1.82) is 0 Å². The number of carbonyl (C=O) groups excluding carboxylic acids is 3. The van der Waals surface area contributed by atoms with E-state index in [9.17, 15) is 34.5 Å². The van der Waals surface area contributed by atoms with Gasteiger partial charge in [0.1, 0.15) is 22.9 Å². The molecule has 234 valence electrons. The molecule has 0 saturated carbocycles. The second-order valence-electron chi connectivity index (χ2n) is 9.99. The topological polar surface area (TPSA) is 205 Å². The summed E-state index contributed by atoms with van der Waals surface area (Å²) in [5.74, 6) is -2.77. The van der Waals surface area contributed by atoms with Crippen LogP contribution in [0.25, 0.3) is 0 Å². The number of phenols is 2. The van der Waals surface area contributed by atoms with Gasteiger partial charge in [0, 0.05) is 34.2 Å². The molecule has 0 bridgehead atoms. The number of thioether (sulfide) groups is 2. The predicted molar refractivity (Wildman–Crippen MR) is 170 cm³/mol. The summed E-state index contributed by atoms with van der Waals surface area (Å²) >= 11 is 9.71. The van der Waals surface area contributed by atoms with E-state index in [1.807, 2.05) is 13.8 Å². The number of benzene rings is 1. The van der Waals surface area contributed by atoms with E-state index in [4.69, 9.17) is 17.3 Å². The molecule has 4 aliphatic rings. The number of anilines is 3. The minimum atomic E-state index is -1.30. The van der Waals surface area contributed by atoms with Gasteiger partial charge in [-0.1, -0.05) is 11.6 Å². The quantitative estimate of drug-likeness (QED) is 0.117. The van der Waals surface area contributed by atoms with Crippen LogP contribution in [0.15, 0.2) is 56.4 Å². The van der Waals surface area contributed by atoms with Crippen molar-refractivity contribution in [2.75, 3.05) is 27.1 Å². The molecule has 2 aromatic rings. The van der Waals surface area contributed by atoms with Crippen molar-refractivity contribution in [3.05, 3.63) is 56.4 Å². The average Bonchev–Trinajstić information content (AvgIpc) is 3.63. The number of hydrazine groups is 2. The number of aromatic hydroxyl groups is 2. The maximum absolute atomic E-state index is 13.4. The SMILES string of the molecule is CC1=NC2=CN(c3cc(O)c(O)c(Cl)c3)NN2C(SCC2=C(C(=O)O)N3C(=O)[C@@H](N(C(=O)C=O)c4csc(N)n4)[C@H]3SC2)=C1C. The lowest BCUT2D eigenvalue weighted by Gasteiger charge is -2.52. The van der Waals surface area contributed by atoms with Gasteiger partial charge in [-0.25, -0.2) is 19.8 Å². The van der Waals surface area contributed by atoms with Gasteiger partial charge in [-0.2, -0.15) is 0 Å². The summed E-state index contributed by atoms with van der Waals surface area (Å²) in [4.78, 5) is 60.7. The number of amides is 2. The monoisotopic (exact) mass is 690 g/mol. The van der Waals surface area contributed by atoms with Crippen molar-refractivity contribution < 1.29 is 34.5 Å². The first kappa shape index (κ1) is 30.8. The van der Waals surface area contributed by atoms with E-state index in [0.29, 0.717) is 22.1 Å². The Kier molecular flexibility index (Phi) is 7.94. The number of rotatable bonds is 8. The fraction of sp³-hybridized carbons (Fsp3) is 0.231. The van der Waals surface area contributed by atoms with Gasteiger partial charge in [0.15, 0.2) is 22.5 Å². The van der Waals surface area contributed by atoms with Crippen LogP contribution >= 0.6 is 46.5 Å². The minimum absolute atomic E-state index is 0.0468. The zero-order valence-electron chi connectivity index (χ0n) is 23.3. The number of nitrogens with two attached hydrogens (primary N) is 1. The number of β-lactam (4-membered cyclic amide) rings is 1. The lowest BCUT2D eigenvalue weighted by molar-refractivity contribution is -0.149. The van der Waals surface area contributed by atoms with Gasteiger partial charge in [-0.05, 0) is 25.5 Å². The third-order valence-electron chi connectivity index (χ3n) is 7.31. The largest absolute Gasteiger partial charge is 0.504 e.